The minimum Gasteiger partial charge on any atom is -0.376 e. The van der Waals surface area contributed by atoms with Gasteiger partial charge in [-0.05, 0) is 62.8 Å². The van der Waals surface area contributed by atoms with E-state index in [9.17, 15) is 4.79 Å². The first kappa shape index (κ1) is 21.9. The summed E-state index contributed by atoms with van der Waals surface area (Å²) in [6, 6.07) is 8.53. The molecule has 5 nitrogen and oxygen atoms in total. The van der Waals surface area contributed by atoms with E-state index in [-0.39, 0.29) is 12.0 Å². The van der Waals surface area contributed by atoms with Crippen molar-refractivity contribution in [3.63, 3.8) is 0 Å². The second-order valence-corrected chi connectivity index (χ2v) is 10.9. The number of aromatic nitrogens is 1. The van der Waals surface area contributed by atoms with E-state index in [2.05, 4.69) is 43.0 Å². The maximum absolute atomic E-state index is 13.2. The average molecular weight is 468 g/mol. The van der Waals surface area contributed by atoms with Gasteiger partial charge in [0, 0.05) is 30.6 Å². The highest BCUT2D eigenvalue weighted by molar-refractivity contribution is 8.26. The molecule has 0 spiro atoms. The molecule has 3 aliphatic heterocycles. The molecule has 1 atom stereocenters. The largest absolute Gasteiger partial charge is 0.376 e. The van der Waals surface area contributed by atoms with E-state index >= 15 is 0 Å². The summed E-state index contributed by atoms with van der Waals surface area (Å²) < 4.78 is 6.35. The summed E-state index contributed by atoms with van der Waals surface area (Å²) in [6.45, 7) is 7.71. The molecular weight excluding hydrogens is 438 g/mol. The summed E-state index contributed by atoms with van der Waals surface area (Å²) >= 11 is 6.95. The highest BCUT2D eigenvalue weighted by Gasteiger charge is 2.35. The Labute approximate surface area is 199 Å². The Bertz CT molecular complexity index is 1090. The first-order chi connectivity index (χ1) is 15.5. The molecule has 3 saturated heterocycles. The monoisotopic (exact) mass is 467 g/mol. The molecule has 3 aliphatic rings. The molecule has 0 radical (unpaired) electrons. The van der Waals surface area contributed by atoms with Gasteiger partial charge in [0.1, 0.15) is 10.1 Å². The third-order valence-electron chi connectivity index (χ3n) is 6.63. The van der Waals surface area contributed by atoms with Gasteiger partial charge in [0.15, 0.2) is 0 Å². The molecule has 2 aromatic rings. The topological polar surface area (TPSA) is 45.7 Å². The van der Waals surface area contributed by atoms with Crippen molar-refractivity contribution in [2.75, 3.05) is 31.1 Å². The number of hydrogen-bond acceptors (Lipinski definition) is 6. The molecule has 168 valence electrons. The molecule has 5 rings (SSSR count). The Morgan fingerprint density at radius 2 is 2.06 bits per heavy atom. The predicted molar refractivity (Wildman–Crippen MR) is 136 cm³/mol. The molecule has 0 N–H and O–H groups in total. The third-order valence-corrected chi connectivity index (χ3v) is 8.01. The Morgan fingerprint density at radius 1 is 1.25 bits per heavy atom. The zero-order valence-electron chi connectivity index (χ0n) is 18.7. The molecule has 0 bridgehead atoms. The molecule has 3 fully saturated rings. The molecule has 1 amide bonds. The summed E-state index contributed by atoms with van der Waals surface area (Å²) in [7, 11) is 0. The Morgan fingerprint density at radius 3 is 2.81 bits per heavy atom. The number of aryl methyl sites for hydroxylation is 1. The number of thioether (sulfide) groups is 1. The van der Waals surface area contributed by atoms with Crippen molar-refractivity contribution in [1.82, 2.24) is 9.88 Å². The van der Waals surface area contributed by atoms with Crippen LogP contribution in [0.25, 0.3) is 17.0 Å². The van der Waals surface area contributed by atoms with Crippen molar-refractivity contribution in [2.45, 2.75) is 45.6 Å². The van der Waals surface area contributed by atoms with E-state index in [0.717, 1.165) is 73.6 Å². The van der Waals surface area contributed by atoms with Crippen molar-refractivity contribution >= 4 is 57.0 Å². The van der Waals surface area contributed by atoms with Crippen LogP contribution >= 0.6 is 24.0 Å². The minimum atomic E-state index is -0.0157. The molecule has 1 unspecified atom stereocenters. The number of thiocarbonyl (C=S) groups is 1. The van der Waals surface area contributed by atoms with Crippen molar-refractivity contribution in [2.24, 2.45) is 5.92 Å². The Balaban J connectivity index is 1.50. The van der Waals surface area contributed by atoms with Crippen LogP contribution in [0, 0.1) is 12.8 Å². The van der Waals surface area contributed by atoms with E-state index in [4.69, 9.17) is 21.9 Å². The first-order valence-corrected chi connectivity index (χ1v) is 12.7. The second kappa shape index (κ2) is 9.12. The van der Waals surface area contributed by atoms with Crippen LogP contribution in [0.3, 0.4) is 0 Å². The lowest BCUT2D eigenvalue weighted by molar-refractivity contribution is -0.123. The van der Waals surface area contributed by atoms with Crippen LogP contribution in [0.4, 0.5) is 5.82 Å². The smallest absolute Gasteiger partial charge is 0.266 e. The molecule has 1 aromatic carbocycles. The summed E-state index contributed by atoms with van der Waals surface area (Å²) in [5.74, 6) is 1.70. The van der Waals surface area contributed by atoms with E-state index in [1.165, 1.54) is 17.3 Å². The third kappa shape index (κ3) is 4.43. The molecule has 1 aromatic heterocycles. The zero-order chi connectivity index (χ0) is 22.2. The van der Waals surface area contributed by atoms with Crippen molar-refractivity contribution < 1.29 is 9.53 Å². The van der Waals surface area contributed by atoms with Crippen LogP contribution < -0.4 is 4.90 Å². The van der Waals surface area contributed by atoms with Crippen molar-refractivity contribution in [3.8, 4) is 0 Å². The van der Waals surface area contributed by atoms with E-state index in [1.54, 1.807) is 4.90 Å². The molecule has 0 saturated carbocycles. The number of benzene rings is 1. The van der Waals surface area contributed by atoms with Gasteiger partial charge >= 0.3 is 0 Å². The number of fused-ring (bicyclic) bond motifs is 1. The normalized spacial score (nSPS) is 23.8. The van der Waals surface area contributed by atoms with Gasteiger partial charge in [-0.3, -0.25) is 9.69 Å². The summed E-state index contributed by atoms with van der Waals surface area (Å²) in [5.41, 5.74) is 3.19. The maximum Gasteiger partial charge on any atom is 0.266 e. The van der Waals surface area contributed by atoms with Gasteiger partial charge in [0.25, 0.3) is 5.91 Å². The SMILES string of the molecule is Cc1ccc2nc(N3CCC(C)CC3)c(/C=C3\SC(=S)N(CC4CCCO4)C3=O)cc2c1. The number of hydrogen-bond donors (Lipinski definition) is 0. The molecule has 0 aliphatic carbocycles. The van der Waals surface area contributed by atoms with Crippen molar-refractivity contribution in [1.29, 1.82) is 0 Å². The average Bonchev–Trinajstić information content (AvgIpc) is 3.38. The lowest BCUT2D eigenvalue weighted by atomic mass is 9.98. The number of pyridine rings is 1. The second-order valence-electron chi connectivity index (χ2n) is 9.19. The molecule has 32 heavy (non-hydrogen) atoms. The minimum absolute atomic E-state index is 0.0157. The molecule has 7 heteroatoms. The van der Waals surface area contributed by atoms with Gasteiger partial charge in [-0.15, -0.1) is 0 Å². The number of ether oxygens (including phenoxy) is 1. The van der Waals surface area contributed by atoms with Crippen LogP contribution in [0.2, 0.25) is 0 Å². The number of rotatable bonds is 4. The van der Waals surface area contributed by atoms with Crippen LogP contribution in [0.15, 0.2) is 29.2 Å². The molecular formula is C25H29N3O2S2. The lowest BCUT2D eigenvalue weighted by Crippen LogP contribution is -2.35. The first-order valence-electron chi connectivity index (χ1n) is 11.5. The quantitative estimate of drug-likeness (QED) is 0.457. The van der Waals surface area contributed by atoms with Gasteiger partial charge in [-0.2, -0.15) is 0 Å². The van der Waals surface area contributed by atoms with Gasteiger partial charge in [-0.1, -0.05) is 42.5 Å². The number of nitrogens with zero attached hydrogens (tertiary/aromatic N) is 3. The van der Waals surface area contributed by atoms with E-state index in [1.807, 2.05) is 6.08 Å². The highest BCUT2D eigenvalue weighted by Crippen LogP contribution is 2.36. The standard InChI is InChI=1S/C25H29N3O2S2/c1-16-7-9-27(10-8-16)23-19(13-18-12-17(2)5-6-21(18)26-23)14-22-24(29)28(25(31)32-22)15-20-4-3-11-30-20/h5-6,12-14,16,20H,3-4,7-11,15H2,1-2H3/b22-14-. The van der Waals surface area contributed by atoms with Crippen LogP contribution in [0.5, 0.6) is 0 Å². The summed E-state index contributed by atoms with van der Waals surface area (Å²) in [6.07, 6.45) is 6.45. The number of piperidine rings is 1. The summed E-state index contributed by atoms with van der Waals surface area (Å²) in [5, 5.41) is 1.10. The number of amides is 1. The fraction of sp³-hybridized carbons (Fsp3) is 0.480. The fourth-order valence-electron chi connectivity index (χ4n) is 4.67. The lowest BCUT2D eigenvalue weighted by Gasteiger charge is -2.32. The fourth-order valence-corrected chi connectivity index (χ4v) is 5.94. The Hall–Kier alpha value is -1.96. The predicted octanol–water partition coefficient (Wildman–Crippen LogP) is 5.16. The number of anilines is 1. The van der Waals surface area contributed by atoms with Crippen LogP contribution in [-0.2, 0) is 9.53 Å². The number of carbonyl (C=O) groups is 1. The van der Waals surface area contributed by atoms with Gasteiger partial charge in [0.2, 0.25) is 0 Å². The van der Waals surface area contributed by atoms with Gasteiger partial charge < -0.3 is 9.64 Å². The molecule has 4 heterocycles. The zero-order valence-corrected chi connectivity index (χ0v) is 20.3. The van der Waals surface area contributed by atoms with Gasteiger partial charge in [0.05, 0.1) is 23.1 Å². The number of carbonyl (C=O) groups excluding carboxylic acids is 1. The van der Waals surface area contributed by atoms with E-state index < -0.39 is 0 Å². The van der Waals surface area contributed by atoms with E-state index in [0.29, 0.717) is 15.8 Å². The van der Waals surface area contributed by atoms with Crippen LogP contribution in [-0.4, -0.2) is 52.5 Å². The summed E-state index contributed by atoms with van der Waals surface area (Å²) in [4.78, 5) is 23.0. The highest BCUT2D eigenvalue weighted by atomic mass is 32.2. The van der Waals surface area contributed by atoms with Gasteiger partial charge in [-0.25, -0.2) is 4.98 Å². The van der Waals surface area contributed by atoms with Crippen molar-refractivity contribution in [3.05, 3.63) is 40.3 Å². The Kier molecular flexibility index (Phi) is 6.23. The van der Waals surface area contributed by atoms with Crippen LogP contribution in [0.1, 0.15) is 43.7 Å². The maximum atomic E-state index is 13.2.